The summed E-state index contributed by atoms with van der Waals surface area (Å²) in [4.78, 5) is 30.3. The van der Waals surface area contributed by atoms with Crippen molar-refractivity contribution in [1.29, 1.82) is 0 Å². The number of likely N-dealkylation sites (tertiary alicyclic amines) is 1. The lowest BCUT2D eigenvalue weighted by Gasteiger charge is -2.51. The van der Waals surface area contributed by atoms with Crippen molar-refractivity contribution >= 4 is 17.5 Å². The van der Waals surface area contributed by atoms with Crippen molar-refractivity contribution in [1.82, 2.24) is 9.80 Å². The minimum absolute atomic E-state index is 0.140. The summed E-state index contributed by atoms with van der Waals surface area (Å²) >= 11 is 0. The molecule has 4 fully saturated rings. The van der Waals surface area contributed by atoms with Gasteiger partial charge in [-0.2, -0.15) is 0 Å². The first-order chi connectivity index (χ1) is 13.7. The number of nitrogens with one attached hydrogen (secondary N) is 1. The van der Waals surface area contributed by atoms with Gasteiger partial charge in [0.2, 0.25) is 0 Å². The minimum atomic E-state index is -0.532. The number of piperidine rings is 3. The average Bonchev–Trinajstić information content (AvgIpc) is 3.18. The molecule has 2 amide bonds. The zero-order chi connectivity index (χ0) is 19.1. The Morgan fingerprint density at radius 1 is 0.857 bits per heavy atom. The molecule has 0 aromatic heterocycles. The summed E-state index contributed by atoms with van der Waals surface area (Å²) in [5.74, 6) is -0.166. The fourth-order valence-corrected chi connectivity index (χ4v) is 5.48. The zero-order valence-electron chi connectivity index (χ0n) is 15.8. The third kappa shape index (κ3) is 2.90. The number of fused-ring (bicyclic) bond motifs is 2. The van der Waals surface area contributed by atoms with Crippen LogP contribution in [0, 0.1) is 5.92 Å². The summed E-state index contributed by atoms with van der Waals surface area (Å²) in [6.45, 7) is 2.83. The lowest BCUT2D eigenvalue weighted by Crippen LogP contribution is -2.61. The highest BCUT2D eigenvalue weighted by atomic mass is 16.2. The quantitative estimate of drug-likeness (QED) is 0.821. The molecule has 0 saturated carbocycles. The van der Waals surface area contributed by atoms with E-state index in [1.165, 1.54) is 5.56 Å². The van der Waals surface area contributed by atoms with E-state index in [4.69, 9.17) is 0 Å². The van der Waals surface area contributed by atoms with Crippen LogP contribution in [-0.4, -0.2) is 53.3 Å². The van der Waals surface area contributed by atoms with E-state index in [9.17, 15) is 9.59 Å². The van der Waals surface area contributed by atoms with Gasteiger partial charge in [0.15, 0.2) is 0 Å². The number of nitrogens with zero attached hydrogens (tertiary/aromatic N) is 2. The number of benzene rings is 2. The molecule has 5 heteroatoms. The summed E-state index contributed by atoms with van der Waals surface area (Å²) in [7, 11) is 0. The van der Waals surface area contributed by atoms with E-state index in [2.05, 4.69) is 34.5 Å². The lowest BCUT2D eigenvalue weighted by atomic mass is 9.75. The number of amides is 2. The van der Waals surface area contributed by atoms with Gasteiger partial charge in [-0.05, 0) is 49.5 Å². The molecule has 4 saturated heterocycles. The first kappa shape index (κ1) is 17.4. The van der Waals surface area contributed by atoms with Crippen molar-refractivity contribution in [2.24, 2.45) is 5.92 Å². The fraction of sp³-hybridized carbons (Fsp3) is 0.391. The van der Waals surface area contributed by atoms with E-state index in [1.807, 2.05) is 29.2 Å². The van der Waals surface area contributed by atoms with Gasteiger partial charge >= 0.3 is 11.8 Å². The standard InChI is InChI=1S/C23H25N3O2/c27-22(24-18-9-5-2-6-10-18)23(28)26-15-19(16-7-3-1-4-8-16)21-20(26)17-11-13-25(21)14-12-17/h1-10,17,19-21H,11-15H2,(H,24,27)/t19-,20+,21+/m1/s1. The summed E-state index contributed by atoms with van der Waals surface area (Å²) < 4.78 is 0. The minimum Gasteiger partial charge on any atom is -0.329 e. The van der Waals surface area contributed by atoms with Crippen LogP contribution in [0.25, 0.3) is 0 Å². The molecule has 6 rings (SSSR count). The van der Waals surface area contributed by atoms with Gasteiger partial charge in [0, 0.05) is 24.2 Å². The van der Waals surface area contributed by atoms with E-state index in [0.29, 0.717) is 24.2 Å². The molecule has 4 heterocycles. The lowest BCUT2D eigenvalue weighted by molar-refractivity contribution is -0.146. The number of anilines is 1. The predicted octanol–water partition coefficient (Wildman–Crippen LogP) is 2.71. The van der Waals surface area contributed by atoms with Gasteiger partial charge in [0.05, 0.1) is 6.04 Å². The van der Waals surface area contributed by atoms with E-state index in [1.54, 1.807) is 12.1 Å². The molecule has 144 valence electrons. The fourth-order valence-electron chi connectivity index (χ4n) is 5.48. The topological polar surface area (TPSA) is 52.7 Å². The van der Waals surface area contributed by atoms with Crippen molar-refractivity contribution < 1.29 is 9.59 Å². The molecule has 28 heavy (non-hydrogen) atoms. The van der Waals surface area contributed by atoms with E-state index in [-0.39, 0.29) is 12.0 Å². The third-order valence-corrected chi connectivity index (χ3v) is 6.71. The molecule has 0 aliphatic carbocycles. The Labute approximate surface area is 165 Å². The Balaban J connectivity index is 1.42. The van der Waals surface area contributed by atoms with Crippen LogP contribution in [0.4, 0.5) is 5.69 Å². The van der Waals surface area contributed by atoms with Gasteiger partial charge in [-0.15, -0.1) is 0 Å². The molecule has 4 aliphatic rings. The highest BCUT2D eigenvalue weighted by Gasteiger charge is 2.55. The maximum atomic E-state index is 13.2. The zero-order valence-corrected chi connectivity index (χ0v) is 15.8. The van der Waals surface area contributed by atoms with Crippen molar-refractivity contribution in [3.63, 3.8) is 0 Å². The first-order valence-corrected chi connectivity index (χ1v) is 10.2. The Morgan fingerprint density at radius 3 is 2.18 bits per heavy atom. The molecular formula is C23H25N3O2. The molecule has 0 radical (unpaired) electrons. The Morgan fingerprint density at radius 2 is 1.50 bits per heavy atom. The molecule has 5 nitrogen and oxygen atoms in total. The van der Waals surface area contributed by atoms with Gasteiger partial charge < -0.3 is 10.2 Å². The molecule has 4 aliphatic heterocycles. The van der Waals surface area contributed by atoms with Crippen LogP contribution in [0.1, 0.15) is 24.3 Å². The third-order valence-electron chi connectivity index (χ3n) is 6.71. The second-order valence-electron chi connectivity index (χ2n) is 8.15. The second kappa shape index (κ2) is 7.06. The smallest absolute Gasteiger partial charge is 0.313 e. The van der Waals surface area contributed by atoms with Crippen molar-refractivity contribution in [2.45, 2.75) is 30.8 Å². The van der Waals surface area contributed by atoms with Crippen molar-refractivity contribution in [2.75, 3.05) is 25.0 Å². The first-order valence-electron chi connectivity index (χ1n) is 10.2. The average molecular weight is 375 g/mol. The summed E-state index contributed by atoms with van der Waals surface area (Å²) in [6, 6.07) is 20.1. The van der Waals surface area contributed by atoms with E-state index >= 15 is 0 Å². The second-order valence-corrected chi connectivity index (χ2v) is 8.15. The molecule has 3 atom stereocenters. The van der Waals surface area contributed by atoms with E-state index in [0.717, 1.165) is 25.9 Å². The van der Waals surface area contributed by atoms with Crippen LogP contribution in [0.2, 0.25) is 0 Å². The van der Waals surface area contributed by atoms with Gasteiger partial charge in [-0.1, -0.05) is 48.5 Å². The maximum Gasteiger partial charge on any atom is 0.313 e. The Hall–Kier alpha value is -2.66. The van der Waals surface area contributed by atoms with Crippen LogP contribution < -0.4 is 5.32 Å². The maximum absolute atomic E-state index is 13.2. The molecule has 2 aromatic carbocycles. The summed E-state index contributed by atoms with van der Waals surface area (Å²) in [5, 5.41) is 2.77. The molecular weight excluding hydrogens is 350 g/mol. The predicted molar refractivity (Wildman–Crippen MR) is 108 cm³/mol. The van der Waals surface area contributed by atoms with E-state index < -0.39 is 11.8 Å². The summed E-state index contributed by atoms with van der Waals surface area (Å²) in [6.07, 6.45) is 2.24. The number of rotatable bonds is 2. The van der Waals surface area contributed by atoms with Crippen LogP contribution in [-0.2, 0) is 9.59 Å². The Bertz CT molecular complexity index is 862. The van der Waals surface area contributed by atoms with Gasteiger partial charge in [-0.25, -0.2) is 0 Å². The number of hydrogen-bond acceptors (Lipinski definition) is 3. The van der Waals surface area contributed by atoms with Crippen LogP contribution in [0.15, 0.2) is 60.7 Å². The summed E-state index contributed by atoms with van der Waals surface area (Å²) in [5.41, 5.74) is 1.92. The van der Waals surface area contributed by atoms with Crippen molar-refractivity contribution in [3.05, 3.63) is 66.2 Å². The number of carbonyl (C=O) groups is 2. The molecule has 0 spiro atoms. The molecule has 1 N–H and O–H groups in total. The van der Waals surface area contributed by atoms with Crippen LogP contribution in [0.5, 0.6) is 0 Å². The van der Waals surface area contributed by atoms with Crippen LogP contribution >= 0.6 is 0 Å². The molecule has 2 aromatic rings. The van der Waals surface area contributed by atoms with Gasteiger partial charge in [0.1, 0.15) is 0 Å². The monoisotopic (exact) mass is 375 g/mol. The van der Waals surface area contributed by atoms with Crippen LogP contribution in [0.3, 0.4) is 0 Å². The number of carbonyl (C=O) groups excluding carboxylic acids is 2. The number of hydrogen-bond donors (Lipinski definition) is 1. The Kier molecular flexibility index (Phi) is 4.40. The van der Waals surface area contributed by atoms with Gasteiger partial charge in [-0.3, -0.25) is 14.5 Å². The normalized spacial score (nSPS) is 30.7. The van der Waals surface area contributed by atoms with Gasteiger partial charge in [0.25, 0.3) is 0 Å². The SMILES string of the molecule is O=C(Nc1ccccc1)C(=O)N1C[C@H](c2ccccc2)[C@H]2[C@@H]1C1CCN2CC1. The largest absolute Gasteiger partial charge is 0.329 e. The highest BCUT2D eigenvalue weighted by Crippen LogP contribution is 2.46. The number of para-hydroxylation sites is 1. The molecule has 2 bridgehead atoms. The highest BCUT2D eigenvalue weighted by molar-refractivity contribution is 6.39. The van der Waals surface area contributed by atoms with Crippen molar-refractivity contribution in [3.8, 4) is 0 Å². The molecule has 0 unspecified atom stereocenters.